The van der Waals surface area contributed by atoms with Crippen LogP contribution in [0.1, 0.15) is 5.56 Å². The van der Waals surface area contributed by atoms with E-state index in [1.165, 1.54) is 0 Å². The number of hydrogen-bond acceptors (Lipinski definition) is 2. The molecule has 1 heterocycles. The zero-order valence-electron chi connectivity index (χ0n) is 7.01. The van der Waals surface area contributed by atoms with Gasteiger partial charge in [-0.25, -0.2) is 0 Å². The number of aromatic amines is 1. The first kappa shape index (κ1) is 9.01. The summed E-state index contributed by atoms with van der Waals surface area (Å²) in [5.74, 6) is 2.53. The second-order valence-electron chi connectivity index (χ2n) is 2.17. The van der Waals surface area contributed by atoms with Gasteiger partial charge >= 0.3 is 0 Å². The molecule has 0 aliphatic heterocycles. The summed E-state index contributed by atoms with van der Waals surface area (Å²) in [7, 11) is 0. The molecule has 0 spiro atoms. The van der Waals surface area contributed by atoms with Crippen molar-refractivity contribution in [1.29, 1.82) is 0 Å². The van der Waals surface area contributed by atoms with Crippen LogP contribution in [0.2, 0.25) is 0 Å². The van der Waals surface area contributed by atoms with E-state index in [1.807, 2.05) is 30.3 Å². The van der Waals surface area contributed by atoms with Crippen LogP contribution in [-0.2, 0) is 0 Å². The third-order valence-corrected chi connectivity index (χ3v) is 1.27. The molecule has 0 aliphatic rings. The van der Waals surface area contributed by atoms with E-state index >= 15 is 0 Å². The average Bonchev–Trinajstić information content (AvgIpc) is 2.77. The Hall–Kier alpha value is -2.08. The van der Waals surface area contributed by atoms with Crippen molar-refractivity contribution < 1.29 is 0 Å². The van der Waals surface area contributed by atoms with Crippen LogP contribution in [0.3, 0.4) is 0 Å². The lowest BCUT2D eigenvalue weighted by Gasteiger charge is -1.82. The van der Waals surface area contributed by atoms with Crippen molar-refractivity contribution in [2.75, 3.05) is 0 Å². The SMILES string of the molecule is C#Cc1ccccc1.c1cn[nH]n1. The van der Waals surface area contributed by atoms with Crippen LogP contribution < -0.4 is 0 Å². The van der Waals surface area contributed by atoms with Gasteiger partial charge in [-0.15, -0.1) is 6.42 Å². The summed E-state index contributed by atoms with van der Waals surface area (Å²) in [6.07, 6.45) is 8.27. The van der Waals surface area contributed by atoms with Crippen LogP contribution in [0.25, 0.3) is 0 Å². The Morgan fingerprint density at radius 3 is 2.00 bits per heavy atom. The fourth-order valence-corrected chi connectivity index (χ4v) is 0.701. The first-order valence-electron chi connectivity index (χ1n) is 3.75. The van der Waals surface area contributed by atoms with Crippen LogP contribution in [0.5, 0.6) is 0 Å². The maximum Gasteiger partial charge on any atom is 0.0690 e. The summed E-state index contributed by atoms with van der Waals surface area (Å²) in [5, 5.41) is 9.33. The van der Waals surface area contributed by atoms with Gasteiger partial charge in [0, 0.05) is 5.56 Å². The molecule has 0 saturated heterocycles. The zero-order chi connectivity index (χ0) is 9.36. The van der Waals surface area contributed by atoms with E-state index in [4.69, 9.17) is 6.42 Å². The number of hydrogen-bond donors (Lipinski definition) is 1. The molecule has 0 fully saturated rings. The van der Waals surface area contributed by atoms with Crippen LogP contribution in [0.15, 0.2) is 42.7 Å². The number of nitrogens with one attached hydrogen (secondary N) is 1. The predicted octanol–water partition coefficient (Wildman–Crippen LogP) is 1.47. The fraction of sp³-hybridized carbons (Fsp3) is 0. The number of terminal acetylenes is 1. The number of rotatable bonds is 0. The molecule has 3 nitrogen and oxygen atoms in total. The zero-order valence-corrected chi connectivity index (χ0v) is 7.01. The van der Waals surface area contributed by atoms with E-state index in [0.29, 0.717) is 0 Å². The second kappa shape index (κ2) is 5.56. The topological polar surface area (TPSA) is 41.6 Å². The Balaban J connectivity index is 0.000000145. The van der Waals surface area contributed by atoms with Crippen LogP contribution >= 0.6 is 0 Å². The fourth-order valence-electron chi connectivity index (χ4n) is 0.701. The van der Waals surface area contributed by atoms with E-state index in [9.17, 15) is 0 Å². The summed E-state index contributed by atoms with van der Waals surface area (Å²) >= 11 is 0. The lowest BCUT2D eigenvalue weighted by Crippen LogP contribution is -1.66. The van der Waals surface area contributed by atoms with E-state index in [-0.39, 0.29) is 0 Å². The molecule has 2 rings (SSSR count). The normalized spacial score (nSPS) is 7.92. The molecule has 1 N–H and O–H groups in total. The lowest BCUT2D eigenvalue weighted by atomic mass is 10.2. The summed E-state index contributed by atoms with van der Waals surface area (Å²) in [6, 6.07) is 9.60. The molecule has 0 aliphatic carbocycles. The molecule has 2 aromatic rings. The van der Waals surface area contributed by atoms with Gasteiger partial charge in [0.05, 0.1) is 12.4 Å². The summed E-state index contributed by atoms with van der Waals surface area (Å²) in [5.41, 5.74) is 0.938. The Bertz CT molecular complexity index is 328. The van der Waals surface area contributed by atoms with Gasteiger partial charge in [-0.2, -0.15) is 15.4 Å². The smallest absolute Gasteiger partial charge is 0.0690 e. The minimum Gasteiger partial charge on any atom is -0.198 e. The predicted molar refractivity (Wildman–Crippen MR) is 50.8 cm³/mol. The van der Waals surface area contributed by atoms with Crippen LogP contribution in [0.4, 0.5) is 0 Å². The summed E-state index contributed by atoms with van der Waals surface area (Å²) in [6.45, 7) is 0. The Morgan fingerprint density at radius 1 is 1.08 bits per heavy atom. The average molecular weight is 171 g/mol. The van der Waals surface area contributed by atoms with E-state index in [2.05, 4.69) is 21.3 Å². The van der Waals surface area contributed by atoms with Crippen molar-refractivity contribution in [3.05, 3.63) is 48.3 Å². The van der Waals surface area contributed by atoms with Crippen molar-refractivity contribution in [2.24, 2.45) is 0 Å². The van der Waals surface area contributed by atoms with Gasteiger partial charge in [0.15, 0.2) is 0 Å². The minimum absolute atomic E-state index is 0.938. The van der Waals surface area contributed by atoms with Gasteiger partial charge in [0.1, 0.15) is 0 Å². The van der Waals surface area contributed by atoms with Crippen molar-refractivity contribution in [3.63, 3.8) is 0 Å². The number of H-pyrrole nitrogens is 1. The first-order valence-corrected chi connectivity index (χ1v) is 3.75. The van der Waals surface area contributed by atoms with E-state index < -0.39 is 0 Å². The third-order valence-electron chi connectivity index (χ3n) is 1.27. The maximum absolute atomic E-state index is 5.10. The monoisotopic (exact) mass is 171 g/mol. The third kappa shape index (κ3) is 3.73. The molecule has 13 heavy (non-hydrogen) atoms. The lowest BCUT2D eigenvalue weighted by molar-refractivity contribution is 0.940. The number of aromatic nitrogens is 3. The maximum atomic E-state index is 5.10. The quantitative estimate of drug-likeness (QED) is 0.610. The van der Waals surface area contributed by atoms with Gasteiger partial charge in [-0.05, 0) is 12.1 Å². The molecule has 1 aromatic carbocycles. The van der Waals surface area contributed by atoms with Crippen molar-refractivity contribution in [3.8, 4) is 12.3 Å². The van der Waals surface area contributed by atoms with Crippen LogP contribution in [-0.4, -0.2) is 15.4 Å². The summed E-state index contributed by atoms with van der Waals surface area (Å²) in [4.78, 5) is 0. The van der Waals surface area contributed by atoms with Crippen LogP contribution in [0, 0.1) is 12.3 Å². The van der Waals surface area contributed by atoms with E-state index in [1.54, 1.807) is 12.4 Å². The molecule has 1 aromatic heterocycles. The largest absolute Gasteiger partial charge is 0.198 e. The van der Waals surface area contributed by atoms with Gasteiger partial charge in [-0.3, -0.25) is 0 Å². The molecule has 0 unspecified atom stereocenters. The molecule has 0 atom stereocenters. The molecule has 0 bridgehead atoms. The number of nitrogens with zero attached hydrogens (tertiary/aromatic N) is 2. The summed E-state index contributed by atoms with van der Waals surface area (Å²) < 4.78 is 0. The highest BCUT2D eigenvalue weighted by Crippen LogP contribution is 1.92. The Labute approximate surface area is 76.8 Å². The van der Waals surface area contributed by atoms with Gasteiger partial charge in [0.2, 0.25) is 0 Å². The highest BCUT2D eigenvalue weighted by molar-refractivity contribution is 5.30. The molecule has 0 amide bonds. The molecular formula is C10H9N3. The standard InChI is InChI=1S/C8H6.C2H3N3/c1-2-8-6-4-3-5-7-8;1-2-4-5-3-1/h1,3-7H;1-2H,(H,3,4,5). The molecule has 64 valence electrons. The highest BCUT2D eigenvalue weighted by atomic mass is 15.3. The van der Waals surface area contributed by atoms with Crippen molar-refractivity contribution >= 4 is 0 Å². The first-order chi connectivity index (χ1) is 6.43. The van der Waals surface area contributed by atoms with Gasteiger partial charge in [0.25, 0.3) is 0 Å². The Morgan fingerprint density at radius 2 is 1.69 bits per heavy atom. The Kier molecular flexibility index (Phi) is 3.85. The van der Waals surface area contributed by atoms with Gasteiger partial charge in [-0.1, -0.05) is 24.1 Å². The van der Waals surface area contributed by atoms with Crippen molar-refractivity contribution in [2.45, 2.75) is 0 Å². The molecule has 0 saturated carbocycles. The number of benzene rings is 1. The minimum atomic E-state index is 0.938. The second-order valence-corrected chi connectivity index (χ2v) is 2.17. The van der Waals surface area contributed by atoms with E-state index in [0.717, 1.165) is 5.56 Å². The molecular weight excluding hydrogens is 162 g/mol. The molecule has 3 heteroatoms. The van der Waals surface area contributed by atoms with Crippen molar-refractivity contribution in [1.82, 2.24) is 15.4 Å². The molecule has 0 radical (unpaired) electrons. The highest BCUT2D eigenvalue weighted by Gasteiger charge is 1.76. The van der Waals surface area contributed by atoms with Gasteiger partial charge < -0.3 is 0 Å².